The fraction of sp³-hybridized carbons (Fsp3) is 0.300. The normalized spacial score (nSPS) is 12.5. The second-order valence-electron chi connectivity index (χ2n) is 6.98. The molecule has 1 amide bonds. The van der Waals surface area contributed by atoms with Gasteiger partial charge in [-0.2, -0.15) is 0 Å². The van der Waals surface area contributed by atoms with Crippen LogP contribution in [-0.2, 0) is 10.2 Å². The second-order valence-corrected chi connectivity index (χ2v) is 6.98. The predicted molar refractivity (Wildman–Crippen MR) is 91.4 cm³/mol. The van der Waals surface area contributed by atoms with Gasteiger partial charge in [-0.1, -0.05) is 45.0 Å². The fourth-order valence-electron chi connectivity index (χ4n) is 2.48. The molecular formula is C20H21FNO3-. The van der Waals surface area contributed by atoms with E-state index in [-0.39, 0.29) is 17.4 Å². The third-order valence-electron chi connectivity index (χ3n) is 3.96. The van der Waals surface area contributed by atoms with Gasteiger partial charge in [0.05, 0.1) is 6.04 Å². The highest BCUT2D eigenvalue weighted by atomic mass is 19.1. The standard InChI is InChI=1S/C20H22FNO3/c1-20(2,3)15-8-4-13(5-9-15)17(12-18(23)24)22-19(25)14-6-10-16(21)11-7-14/h4-11,17H,12H2,1-3H3,(H,22,25)(H,23,24)/p-1/t17-/m0/s1. The average molecular weight is 342 g/mol. The maximum atomic E-state index is 13.0. The molecule has 0 saturated heterocycles. The van der Waals surface area contributed by atoms with Crippen molar-refractivity contribution in [3.8, 4) is 0 Å². The molecule has 0 heterocycles. The molecule has 0 unspecified atom stereocenters. The molecule has 1 atom stereocenters. The Balaban J connectivity index is 2.22. The summed E-state index contributed by atoms with van der Waals surface area (Å²) in [5.74, 6) is -2.17. The summed E-state index contributed by atoms with van der Waals surface area (Å²) in [6, 6.07) is 11.8. The van der Waals surface area contributed by atoms with Gasteiger partial charge in [-0.15, -0.1) is 0 Å². The predicted octanol–water partition coefficient (Wildman–Crippen LogP) is 2.73. The van der Waals surface area contributed by atoms with Gasteiger partial charge in [0.1, 0.15) is 5.82 Å². The van der Waals surface area contributed by atoms with Crippen molar-refractivity contribution < 1.29 is 19.1 Å². The number of amides is 1. The molecule has 0 saturated carbocycles. The van der Waals surface area contributed by atoms with E-state index in [1.54, 1.807) is 12.1 Å². The lowest BCUT2D eigenvalue weighted by Gasteiger charge is -2.23. The number of halogens is 1. The van der Waals surface area contributed by atoms with E-state index < -0.39 is 23.7 Å². The van der Waals surface area contributed by atoms with Gasteiger partial charge in [0.2, 0.25) is 0 Å². The van der Waals surface area contributed by atoms with Crippen LogP contribution in [0.5, 0.6) is 0 Å². The summed E-state index contributed by atoms with van der Waals surface area (Å²) in [5.41, 5.74) is 2.01. The van der Waals surface area contributed by atoms with Crippen LogP contribution in [0, 0.1) is 5.82 Å². The van der Waals surface area contributed by atoms with Crippen LogP contribution in [0.25, 0.3) is 0 Å². The number of aliphatic carboxylic acids is 1. The van der Waals surface area contributed by atoms with Crippen LogP contribution in [0.4, 0.5) is 4.39 Å². The molecule has 25 heavy (non-hydrogen) atoms. The van der Waals surface area contributed by atoms with Gasteiger partial charge in [-0.25, -0.2) is 4.39 Å². The number of carbonyl (C=O) groups is 2. The highest BCUT2D eigenvalue weighted by molar-refractivity contribution is 5.94. The first kappa shape index (κ1) is 18.6. The van der Waals surface area contributed by atoms with Crippen molar-refractivity contribution in [3.63, 3.8) is 0 Å². The van der Waals surface area contributed by atoms with Crippen molar-refractivity contribution >= 4 is 11.9 Å². The van der Waals surface area contributed by atoms with E-state index in [0.29, 0.717) is 5.56 Å². The molecule has 0 aromatic heterocycles. The Labute approximate surface area is 146 Å². The van der Waals surface area contributed by atoms with Gasteiger partial charge in [-0.05, 0) is 40.8 Å². The molecule has 0 aliphatic heterocycles. The summed E-state index contributed by atoms with van der Waals surface area (Å²) >= 11 is 0. The molecule has 2 aromatic rings. The minimum absolute atomic E-state index is 0.0280. The molecule has 0 fully saturated rings. The monoisotopic (exact) mass is 342 g/mol. The van der Waals surface area contributed by atoms with E-state index in [1.807, 2.05) is 12.1 Å². The van der Waals surface area contributed by atoms with Gasteiger partial charge < -0.3 is 15.2 Å². The molecule has 5 heteroatoms. The van der Waals surface area contributed by atoms with Crippen molar-refractivity contribution in [3.05, 3.63) is 71.0 Å². The van der Waals surface area contributed by atoms with Crippen LogP contribution >= 0.6 is 0 Å². The Morgan fingerprint density at radius 2 is 1.60 bits per heavy atom. The molecular weight excluding hydrogens is 321 g/mol. The zero-order chi connectivity index (χ0) is 18.6. The Bertz CT molecular complexity index is 746. The van der Waals surface area contributed by atoms with E-state index >= 15 is 0 Å². The third-order valence-corrected chi connectivity index (χ3v) is 3.96. The molecule has 2 rings (SSSR count). The summed E-state index contributed by atoms with van der Waals surface area (Å²) in [6.07, 6.45) is -0.345. The van der Waals surface area contributed by atoms with Crippen LogP contribution in [-0.4, -0.2) is 11.9 Å². The number of hydrogen-bond acceptors (Lipinski definition) is 3. The quantitative estimate of drug-likeness (QED) is 0.908. The van der Waals surface area contributed by atoms with E-state index in [2.05, 4.69) is 26.1 Å². The Hall–Kier alpha value is -2.69. The SMILES string of the molecule is CC(C)(C)c1ccc([C@H](CC(=O)[O-])NC(=O)c2ccc(F)cc2)cc1. The first-order valence-corrected chi connectivity index (χ1v) is 8.03. The number of benzene rings is 2. The maximum Gasteiger partial charge on any atom is 0.251 e. The second kappa shape index (κ2) is 7.47. The number of carbonyl (C=O) groups excluding carboxylic acids is 2. The average Bonchev–Trinajstić information content (AvgIpc) is 2.53. The van der Waals surface area contributed by atoms with E-state index in [4.69, 9.17) is 0 Å². The summed E-state index contributed by atoms with van der Waals surface area (Å²) in [5, 5.41) is 13.7. The topological polar surface area (TPSA) is 69.2 Å². The highest BCUT2D eigenvalue weighted by Crippen LogP contribution is 2.25. The van der Waals surface area contributed by atoms with E-state index in [1.165, 1.54) is 24.3 Å². The number of hydrogen-bond donors (Lipinski definition) is 1. The van der Waals surface area contributed by atoms with Crippen LogP contribution in [0.3, 0.4) is 0 Å². The van der Waals surface area contributed by atoms with Gasteiger partial charge >= 0.3 is 0 Å². The van der Waals surface area contributed by atoms with Crippen molar-refractivity contribution in [1.29, 1.82) is 0 Å². The first-order valence-electron chi connectivity index (χ1n) is 8.03. The summed E-state index contributed by atoms with van der Waals surface area (Å²) in [4.78, 5) is 23.4. The molecule has 0 spiro atoms. The lowest BCUT2D eigenvalue weighted by molar-refractivity contribution is -0.306. The van der Waals surface area contributed by atoms with Crippen LogP contribution in [0.15, 0.2) is 48.5 Å². The third kappa shape index (κ3) is 5.14. The number of carboxylic acids is 1. The van der Waals surface area contributed by atoms with E-state index in [0.717, 1.165) is 5.56 Å². The fourth-order valence-corrected chi connectivity index (χ4v) is 2.48. The lowest BCUT2D eigenvalue weighted by atomic mass is 9.86. The van der Waals surface area contributed by atoms with Crippen molar-refractivity contribution in [2.24, 2.45) is 0 Å². The van der Waals surface area contributed by atoms with Crippen molar-refractivity contribution in [2.45, 2.75) is 38.6 Å². The van der Waals surface area contributed by atoms with Gasteiger partial charge in [0.15, 0.2) is 0 Å². The Kier molecular flexibility index (Phi) is 5.57. The van der Waals surface area contributed by atoms with Gasteiger partial charge in [0.25, 0.3) is 5.91 Å². The summed E-state index contributed by atoms with van der Waals surface area (Å²) in [7, 11) is 0. The summed E-state index contributed by atoms with van der Waals surface area (Å²) in [6.45, 7) is 6.24. The minimum atomic E-state index is -1.26. The van der Waals surface area contributed by atoms with Gasteiger partial charge in [-0.3, -0.25) is 4.79 Å². The molecule has 0 aliphatic rings. The number of nitrogens with one attached hydrogen (secondary N) is 1. The molecule has 0 bridgehead atoms. The van der Waals surface area contributed by atoms with Crippen LogP contribution in [0.1, 0.15) is 54.7 Å². The lowest BCUT2D eigenvalue weighted by Crippen LogP contribution is -2.34. The molecule has 2 aromatic carbocycles. The zero-order valence-corrected chi connectivity index (χ0v) is 14.5. The smallest absolute Gasteiger partial charge is 0.251 e. The molecule has 0 radical (unpaired) electrons. The first-order chi connectivity index (χ1) is 11.7. The van der Waals surface area contributed by atoms with Gasteiger partial charge in [0, 0.05) is 18.0 Å². The van der Waals surface area contributed by atoms with Crippen LogP contribution < -0.4 is 10.4 Å². The Morgan fingerprint density at radius 1 is 1.04 bits per heavy atom. The minimum Gasteiger partial charge on any atom is -0.550 e. The Morgan fingerprint density at radius 3 is 2.08 bits per heavy atom. The van der Waals surface area contributed by atoms with E-state index in [9.17, 15) is 19.1 Å². The maximum absolute atomic E-state index is 13.0. The zero-order valence-electron chi connectivity index (χ0n) is 14.5. The summed E-state index contributed by atoms with van der Waals surface area (Å²) < 4.78 is 13.0. The molecule has 1 N–H and O–H groups in total. The molecule has 132 valence electrons. The number of carboxylic acid groups (broad SMARTS) is 1. The number of rotatable bonds is 5. The van der Waals surface area contributed by atoms with Crippen LogP contribution in [0.2, 0.25) is 0 Å². The largest absolute Gasteiger partial charge is 0.550 e. The molecule has 4 nitrogen and oxygen atoms in total. The highest BCUT2D eigenvalue weighted by Gasteiger charge is 2.18. The molecule has 0 aliphatic carbocycles. The van der Waals surface area contributed by atoms with Crippen molar-refractivity contribution in [2.75, 3.05) is 0 Å². The van der Waals surface area contributed by atoms with Crippen molar-refractivity contribution in [1.82, 2.24) is 5.32 Å².